The average molecular weight is 208 g/mol. The lowest BCUT2D eigenvalue weighted by Gasteiger charge is -2.06. The zero-order valence-electron chi connectivity index (χ0n) is 8.82. The van der Waals surface area contributed by atoms with Gasteiger partial charge in [-0.05, 0) is 24.1 Å². The van der Waals surface area contributed by atoms with Crippen LogP contribution < -0.4 is 11.1 Å². The zero-order chi connectivity index (χ0) is 11.1. The van der Waals surface area contributed by atoms with Gasteiger partial charge in [0.1, 0.15) is 6.61 Å². The molecule has 1 rings (SSSR count). The predicted molar refractivity (Wildman–Crippen MR) is 59.8 cm³/mol. The Bertz CT molecular complexity index is 309. The maximum atomic E-state index is 11.1. The van der Waals surface area contributed by atoms with Crippen molar-refractivity contribution in [3.63, 3.8) is 0 Å². The van der Waals surface area contributed by atoms with Crippen molar-refractivity contribution in [1.82, 2.24) is 0 Å². The van der Waals surface area contributed by atoms with Crippen molar-refractivity contribution >= 4 is 11.8 Å². The van der Waals surface area contributed by atoms with Gasteiger partial charge in [0.15, 0.2) is 0 Å². The molecule has 82 valence electrons. The largest absolute Gasteiger partial charge is 0.448 e. The lowest BCUT2D eigenvalue weighted by molar-refractivity contribution is 0.165. The summed E-state index contributed by atoms with van der Waals surface area (Å²) in [6.45, 7) is 2.65. The molecule has 0 atom stereocenters. The van der Waals surface area contributed by atoms with E-state index in [0.29, 0.717) is 6.54 Å². The summed E-state index contributed by atoms with van der Waals surface area (Å²) in [5.41, 5.74) is 7.17. The fraction of sp³-hybridized carbons (Fsp3) is 0.364. The van der Waals surface area contributed by atoms with E-state index < -0.39 is 6.09 Å². The Labute approximate surface area is 89.4 Å². The summed E-state index contributed by atoms with van der Waals surface area (Å²) >= 11 is 0. The standard InChI is InChI=1S/C11H16N2O2/c1-2-9-3-5-10(6-4-9)13-11(14)15-8-7-12/h3-6H,2,7-8,12H2,1H3,(H,13,14). The Balaban J connectivity index is 2.46. The van der Waals surface area contributed by atoms with Crippen LogP contribution in [0, 0.1) is 0 Å². The molecular weight excluding hydrogens is 192 g/mol. The molecule has 0 radical (unpaired) electrons. The smallest absolute Gasteiger partial charge is 0.411 e. The second-order valence-corrected chi connectivity index (χ2v) is 3.10. The Morgan fingerprint density at radius 2 is 2.07 bits per heavy atom. The molecule has 0 fully saturated rings. The summed E-state index contributed by atoms with van der Waals surface area (Å²) < 4.78 is 4.78. The molecule has 0 saturated heterocycles. The highest BCUT2D eigenvalue weighted by molar-refractivity contribution is 5.84. The topological polar surface area (TPSA) is 64.3 Å². The maximum absolute atomic E-state index is 11.1. The third-order valence-corrected chi connectivity index (χ3v) is 1.96. The van der Waals surface area contributed by atoms with Gasteiger partial charge >= 0.3 is 6.09 Å². The molecule has 0 aliphatic heterocycles. The molecule has 0 aliphatic rings. The Morgan fingerprint density at radius 1 is 1.40 bits per heavy atom. The normalized spacial score (nSPS) is 9.73. The first-order chi connectivity index (χ1) is 7.26. The summed E-state index contributed by atoms with van der Waals surface area (Å²) in [5, 5.41) is 2.61. The third kappa shape index (κ3) is 3.99. The minimum Gasteiger partial charge on any atom is -0.448 e. The quantitative estimate of drug-likeness (QED) is 0.792. The van der Waals surface area contributed by atoms with Crippen LogP contribution in [-0.2, 0) is 11.2 Å². The number of benzene rings is 1. The lowest BCUT2D eigenvalue weighted by atomic mass is 10.1. The fourth-order valence-electron chi connectivity index (χ4n) is 1.13. The number of ether oxygens (including phenoxy) is 1. The number of carbonyl (C=O) groups is 1. The summed E-state index contributed by atoms with van der Waals surface area (Å²) in [7, 11) is 0. The van der Waals surface area contributed by atoms with E-state index in [-0.39, 0.29) is 6.61 Å². The van der Waals surface area contributed by atoms with Gasteiger partial charge in [-0.3, -0.25) is 5.32 Å². The number of hydrogen-bond acceptors (Lipinski definition) is 3. The highest BCUT2D eigenvalue weighted by Crippen LogP contribution is 2.09. The predicted octanol–water partition coefficient (Wildman–Crippen LogP) is 1.76. The summed E-state index contributed by atoms with van der Waals surface area (Å²) in [4.78, 5) is 11.1. The molecule has 0 bridgehead atoms. The van der Waals surface area contributed by atoms with Crippen molar-refractivity contribution < 1.29 is 9.53 Å². The number of hydrogen-bond donors (Lipinski definition) is 2. The number of nitrogens with one attached hydrogen (secondary N) is 1. The van der Waals surface area contributed by atoms with Gasteiger partial charge in [0, 0.05) is 12.2 Å². The van der Waals surface area contributed by atoms with E-state index >= 15 is 0 Å². The fourth-order valence-corrected chi connectivity index (χ4v) is 1.13. The van der Waals surface area contributed by atoms with Crippen LogP contribution in [-0.4, -0.2) is 19.2 Å². The van der Waals surface area contributed by atoms with Crippen molar-refractivity contribution in [2.45, 2.75) is 13.3 Å². The second kappa shape index (κ2) is 6.03. The minimum atomic E-state index is -0.468. The molecular formula is C11H16N2O2. The molecule has 1 aromatic rings. The van der Waals surface area contributed by atoms with E-state index in [1.54, 1.807) is 0 Å². The van der Waals surface area contributed by atoms with Gasteiger partial charge in [-0.15, -0.1) is 0 Å². The summed E-state index contributed by atoms with van der Waals surface area (Å²) in [6.07, 6.45) is 0.516. The van der Waals surface area contributed by atoms with Crippen molar-refractivity contribution in [3.05, 3.63) is 29.8 Å². The van der Waals surface area contributed by atoms with Crippen LogP contribution in [0.3, 0.4) is 0 Å². The van der Waals surface area contributed by atoms with Gasteiger partial charge in [-0.25, -0.2) is 4.79 Å². The van der Waals surface area contributed by atoms with Crippen LogP contribution >= 0.6 is 0 Å². The van der Waals surface area contributed by atoms with Crippen molar-refractivity contribution in [2.24, 2.45) is 5.73 Å². The van der Waals surface area contributed by atoms with Crippen molar-refractivity contribution in [1.29, 1.82) is 0 Å². The van der Waals surface area contributed by atoms with Crippen LogP contribution in [0.1, 0.15) is 12.5 Å². The third-order valence-electron chi connectivity index (χ3n) is 1.96. The van der Waals surface area contributed by atoms with E-state index in [0.717, 1.165) is 12.1 Å². The molecule has 1 aromatic carbocycles. The van der Waals surface area contributed by atoms with Crippen LogP contribution in [0.4, 0.5) is 10.5 Å². The molecule has 0 heterocycles. The number of rotatable bonds is 4. The Morgan fingerprint density at radius 3 is 2.60 bits per heavy atom. The van der Waals surface area contributed by atoms with Gasteiger partial charge in [-0.1, -0.05) is 19.1 Å². The number of amides is 1. The molecule has 0 unspecified atom stereocenters. The van der Waals surface area contributed by atoms with Crippen LogP contribution in [0.25, 0.3) is 0 Å². The first kappa shape index (κ1) is 11.5. The lowest BCUT2D eigenvalue weighted by Crippen LogP contribution is -2.18. The molecule has 1 amide bonds. The van der Waals surface area contributed by atoms with Gasteiger partial charge in [-0.2, -0.15) is 0 Å². The molecule has 0 aliphatic carbocycles. The highest BCUT2D eigenvalue weighted by atomic mass is 16.5. The van der Waals surface area contributed by atoms with E-state index in [1.807, 2.05) is 24.3 Å². The van der Waals surface area contributed by atoms with Crippen LogP contribution in [0.2, 0.25) is 0 Å². The Hall–Kier alpha value is -1.55. The minimum absolute atomic E-state index is 0.235. The maximum Gasteiger partial charge on any atom is 0.411 e. The molecule has 3 N–H and O–H groups in total. The average Bonchev–Trinajstić information content (AvgIpc) is 2.27. The SMILES string of the molecule is CCc1ccc(NC(=O)OCCN)cc1. The number of aryl methyl sites for hydroxylation is 1. The molecule has 15 heavy (non-hydrogen) atoms. The summed E-state index contributed by atoms with van der Waals surface area (Å²) in [6, 6.07) is 7.64. The second-order valence-electron chi connectivity index (χ2n) is 3.10. The van der Waals surface area contributed by atoms with Gasteiger partial charge < -0.3 is 10.5 Å². The number of nitrogens with two attached hydrogens (primary N) is 1. The molecule has 0 aromatic heterocycles. The van der Waals surface area contributed by atoms with E-state index in [4.69, 9.17) is 10.5 Å². The van der Waals surface area contributed by atoms with E-state index in [1.165, 1.54) is 5.56 Å². The first-order valence-electron chi connectivity index (χ1n) is 4.99. The van der Waals surface area contributed by atoms with Crippen LogP contribution in [0.5, 0.6) is 0 Å². The van der Waals surface area contributed by atoms with Gasteiger partial charge in [0.25, 0.3) is 0 Å². The van der Waals surface area contributed by atoms with Crippen LogP contribution in [0.15, 0.2) is 24.3 Å². The van der Waals surface area contributed by atoms with Crippen molar-refractivity contribution in [2.75, 3.05) is 18.5 Å². The molecule has 4 heteroatoms. The number of anilines is 1. The Kier molecular flexibility index (Phi) is 4.63. The number of carbonyl (C=O) groups excluding carboxylic acids is 1. The van der Waals surface area contributed by atoms with E-state index in [9.17, 15) is 4.79 Å². The highest BCUT2D eigenvalue weighted by Gasteiger charge is 2.01. The van der Waals surface area contributed by atoms with E-state index in [2.05, 4.69) is 12.2 Å². The van der Waals surface area contributed by atoms with Gasteiger partial charge in [0.2, 0.25) is 0 Å². The monoisotopic (exact) mass is 208 g/mol. The van der Waals surface area contributed by atoms with Gasteiger partial charge in [0.05, 0.1) is 0 Å². The summed E-state index contributed by atoms with van der Waals surface area (Å²) in [5.74, 6) is 0. The zero-order valence-corrected chi connectivity index (χ0v) is 8.82. The van der Waals surface area contributed by atoms with Crippen molar-refractivity contribution in [3.8, 4) is 0 Å². The molecule has 4 nitrogen and oxygen atoms in total. The molecule has 0 spiro atoms. The first-order valence-corrected chi connectivity index (χ1v) is 4.99. The molecule has 0 saturated carbocycles.